The predicted octanol–water partition coefficient (Wildman–Crippen LogP) is 4.15. The molecule has 0 atom stereocenters. The number of benzene rings is 2. The molecular weight excluding hydrogens is 571 g/mol. The number of anilines is 1. The maximum atomic E-state index is 15.2. The number of amidine groups is 1. The molecular formula is C28H31FN4O6S2. The Hall–Kier alpha value is -3.84. The summed E-state index contributed by atoms with van der Waals surface area (Å²) in [5.41, 5.74) is 0.997. The lowest BCUT2D eigenvalue weighted by Gasteiger charge is -2.25. The van der Waals surface area contributed by atoms with Crippen molar-refractivity contribution in [3.63, 3.8) is 0 Å². The lowest BCUT2D eigenvalue weighted by molar-refractivity contribution is -0.117. The third-order valence-electron chi connectivity index (χ3n) is 5.96. The Labute approximate surface area is 242 Å². The van der Waals surface area contributed by atoms with E-state index in [2.05, 4.69) is 15.3 Å². The third kappa shape index (κ3) is 7.47. The van der Waals surface area contributed by atoms with Gasteiger partial charge in [0, 0.05) is 13.0 Å². The Balaban J connectivity index is 1.68. The van der Waals surface area contributed by atoms with Gasteiger partial charge < -0.3 is 14.8 Å². The van der Waals surface area contributed by atoms with Gasteiger partial charge in [0.05, 0.1) is 37.0 Å². The number of methoxy groups -OCH3 is 1. The maximum absolute atomic E-state index is 15.2. The normalized spacial score (nSPS) is 13.3. The van der Waals surface area contributed by atoms with Gasteiger partial charge in [-0.05, 0) is 56.2 Å². The summed E-state index contributed by atoms with van der Waals surface area (Å²) in [5.74, 6) is -0.722. The zero-order valence-corrected chi connectivity index (χ0v) is 24.8. The molecule has 1 aliphatic heterocycles. The number of ether oxygens (including phenoxy) is 2. The molecule has 1 N–H and O–H groups in total. The number of halogens is 1. The summed E-state index contributed by atoms with van der Waals surface area (Å²) in [6.45, 7) is 6.14. The van der Waals surface area contributed by atoms with Crippen LogP contribution in [0.2, 0.25) is 0 Å². The Bertz CT molecular complexity index is 1560. The highest BCUT2D eigenvalue weighted by Gasteiger charge is 2.33. The van der Waals surface area contributed by atoms with Gasteiger partial charge in [0.1, 0.15) is 33.8 Å². The summed E-state index contributed by atoms with van der Waals surface area (Å²) in [4.78, 5) is 33.3. The molecule has 218 valence electrons. The lowest BCUT2D eigenvalue weighted by Crippen LogP contribution is -2.32. The molecule has 41 heavy (non-hydrogen) atoms. The van der Waals surface area contributed by atoms with Crippen molar-refractivity contribution in [3.05, 3.63) is 70.6 Å². The number of nitrogens with zero attached hydrogens (tertiary/aromatic N) is 3. The summed E-state index contributed by atoms with van der Waals surface area (Å²) in [7, 11) is -2.90. The van der Waals surface area contributed by atoms with Gasteiger partial charge in [0.2, 0.25) is 0 Å². The Morgan fingerprint density at radius 1 is 1.12 bits per heavy atom. The van der Waals surface area contributed by atoms with Crippen LogP contribution in [0.3, 0.4) is 0 Å². The molecule has 2 aromatic carbocycles. The van der Waals surface area contributed by atoms with Crippen molar-refractivity contribution in [3.8, 4) is 5.75 Å². The second-order valence-corrected chi connectivity index (χ2v) is 13.0. The Morgan fingerprint density at radius 2 is 1.85 bits per heavy atom. The van der Waals surface area contributed by atoms with E-state index in [0.717, 1.165) is 21.7 Å². The second-order valence-electron chi connectivity index (χ2n) is 10.3. The van der Waals surface area contributed by atoms with Crippen LogP contribution < -0.4 is 14.4 Å². The number of aliphatic imine (C=N–C) groups is 1. The number of esters is 1. The van der Waals surface area contributed by atoms with E-state index in [1.807, 2.05) is 0 Å². The number of hydrogen-bond acceptors (Lipinski definition) is 10. The fourth-order valence-corrected chi connectivity index (χ4v) is 6.51. The van der Waals surface area contributed by atoms with Gasteiger partial charge in [0.15, 0.2) is 5.69 Å². The zero-order chi connectivity index (χ0) is 29.8. The third-order valence-corrected chi connectivity index (χ3v) is 8.67. The molecule has 0 saturated heterocycles. The monoisotopic (exact) mass is 602 g/mol. The number of rotatable bonds is 11. The molecule has 0 saturated carbocycles. The summed E-state index contributed by atoms with van der Waals surface area (Å²) in [5, 5.41) is 3.03. The molecule has 0 fully saturated rings. The fraction of sp³-hybridized carbons (Fsp3) is 0.357. The minimum Gasteiger partial charge on any atom is -0.497 e. The number of carbonyl (C=O) groups excluding carboxylic acids is 2. The number of thiazole rings is 1. The molecule has 0 bridgehead atoms. The standard InChI is InChI=1S/C28H31FN4O6S2/c1-28(2,3)39-27(35)25-26(40-17-32-25)33(16-18-5-8-21(38-4)9-6-18)41(36,37)22-10-7-19(23(29)15-22)13-20(34)14-24-30-11-12-31-24/h5-10,15,17H,11-14,16H2,1-4H3,(H,30,31). The highest BCUT2D eigenvalue weighted by Crippen LogP contribution is 2.34. The van der Waals surface area contributed by atoms with Crippen molar-refractivity contribution < 1.29 is 31.9 Å². The summed E-state index contributed by atoms with van der Waals surface area (Å²) < 4.78 is 54.8. The number of Topliss-reactive ketones (excluding diaryl/α,β-unsaturated/α-hetero) is 1. The first-order valence-corrected chi connectivity index (χ1v) is 15.1. The van der Waals surface area contributed by atoms with Gasteiger partial charge in [-0.25, -0.2) is 22.6 Å². The average Bonchev–Trinajstić information content (AvgIpc) is 3.60. The van der Waals surface area contributed by atoms with Gasteiger partial charge in [0.25, 0.3) is 10.0 Å². The van der Waals surface area contributed by atoms with E-state index >= 15 is 4.39 Å². The minimum atomic E-state index is -4.41. The largest absolute Gasteiger partial charge is 0.497 e. The molecule has 1 aliphatic rings. The van der Waals surface area contributed by atoms with Crippen LogP contribution in [0.4, 0.5) is 9.39 Å². The SMILES string of the molecule is COc1ccc(CN(c2scnc2C(=O)OC(C)(C)C)S(=O)(=O)c2ccc(CC(=O)CC3=NCCN3)c(F)c2)cc1. The predicted molar refractivity (Wildman–Crippen MR) is 154 cm³/mol. The van der Waals surface area contributed by atoms with Gasteiger partial charge in [-0.1, -0.05) is 18.2 Å². The second kappa shape index (κ2) is 12.4. The van der Waals surface area contributed by atoms with Crippen molar-refractivity contribution in [1.82, 2.24) is 10.3 Å². The van der Waals surface area contributed by atoms with Crippen LogP contribution in [0.1, 0.15) is 48.8 Å². The molecule has 0 unspecified atom stereocenters. The van der Waals surface area contributed by atoms with Crippen molar-refractivity contribution in [2.24, 2.45) is 4.99 Å². The molecule has 4 rings (SSSR count). The smallest absolute Gasteiger partial charge is 0.360 e. The Kier molecular flexibility index (Phi) is 9.08. The van der Waals surface area contributed by atoms with E-state index < -0.39 is 27.4 Å². The van der Waals surface area contributed by atoms with Crippen molar-refractivity contribution in [1.29, 1.82) is 0 Å². The number of hydrogen-bond donors (Lipinski definition) is 1. The highest BCUT2D eigenvalue weighted by molar-refractivity contribution is 7.93. The summed E-state index contributed by atoms with van der Waals surface area (Å²) in [6, 6.07) is 10.2. The topological polar surface area (TPSA) is 127 Å². The van der Waals surface area contributed by atoms with E-state index in [-0.39, 0.29) is 46.3 Å². The molecule has 13 heteroatoms. The van der Waals surface area contributed by atoms with E-state index in [4.69, 9.17) is 9.47 Å². The molecule has 0 aliphatic carbocycles. The number of nitrogens with one attached hydrogen (secondary N) is 1. The van der Waals surface area contributed by atoms with Crippen LogP contribution >= 0.6 is 11.3 Å². The molecule has 0 spiro atoms. The first-order chi connectivity index (χ1) is 19.4. The van der Waals surface area contributed by atoms with E-state index in [1.165, 1.54) is 24.8 Å². The van der Waals surface area contributed by atoms with Crippen LogP contribution in [0.5, 0.6) is 5.75 Å². The average molecular weight is 603 g/mol. The van der Waals surface area contributed by atoms with Crippen LogP contribution in [-0.4, -0.2) is 56.8 Å². The van der Waals surface area contributed by atoms with Crippen molar-refractivity contribution >= 4 is 43.9 Å². The maximum Gasteiger partial charge on any atom is 0.360 e. The fourth-order valence-electron chi connectivity index (χ4n) is 4.03. The first-order valence-electron chi connectivity index (χ1n) is 12.8. The summed E-state index contributed by atoms with van der Waals surface area (Å²) in [6.07, 6.45) is -0.159. The number of ketones is 1. The van der Waals surface area contributed by atoms with Crippen LogP contribution in [0, 0.1) is 5.82 Å². The molecule has 2 heterocycles. The van der Waals surface area contributed by atoms with Gasteiger partial charge >= 0.3 is 5.97 Å². The van der Waals surface area contributed by atoms with Crippen LogP contribution in [0.15, 0.2) is 57.9 Å². The van der Waals surface area contributed by atoms with Gasteiger partial charge in [-0.15, -0.1) is 11.3 Å². The minimum absolute atomic E-state index is 0.0274. The van der Waals surface area contributed by atoms with E-state index in [1.54, 1.807) is 45.0 Å². The molecule has 1 aromatic heterocycles. The highest BCUT2D eigenvalue weighted by atomic mass is 32.2. The van der Waals surface area contributed by atoms with Crippen molar-refractivity contribution in [2.75, 3.05) is 24.5 Å². The first kappa shape index (κ1) is 30.1. The quantitative estimate of drug-likeness (QED) is 0.325. The number of sulfonamides is 1. The number of carbonyl (C=O) groups is 2. The number of aromatic nitrogens is 1. The Morgan fingerprint density at radius 3 is 2.46 bits per heavy atom. The van der Waals surface area contributed by atoms with Gasteiger partial charge in [-0.3, -0.25) is 14.1 Å². The summed E-state index contributed by atoms with van der Waals surface area (Å²) >= 11 is 0.946. The van der Waals surface area contributed by atoms with Gasteiger partial charge in [-0.2, -0.15) is 0 Å². The van der Waals surface area contributed by atoms with Crippen molar-refractivity contribution in [2.45, 2.75) is 50.7 Å². The zero-order valence-electron chi connectivity index (χ0n) is 23.1. The van der Waals surface area contributed by atoms with Crippen LogP contribution in [0.25, 0.3) is 0 Å². The lowest BCUT2D eigenvalue weighted by atomic mass is 10.1. The molecule has 3 aromatic rings. The molecule has 0 radical (unpaired) electrons. The van der Waals surface area contributed by atoms with E-state index in [0.29, 0.717) is 30.2 Å². The van der Waals surface area contributed by atoms with Crippen LogP contribution in [-0.2, 0) is 32.5 Å². The molecule has 10 nitrogen and oxygen atoms in total. The van der Waals surface area contributed by atoms with E-state index in [9.17, 15) is 18.0 Å². The molecule has 0 amide bonds.